The van der Waals surface area contributed by atoms with Crippen LogP contribution in [0.4, 0.5) is 0 Å². The maximum atomic E-state index is 12.9. The molecule has 75 heavy (non-hydrogen) atoms. The first-order valence-corrected chi connectivity index (χ1v) is 31.1. The van der Waals surface area contributed by atoms with Crippen molar-refractivity contribution in [2.24, 2.45) is 0 Å². The first kappa shape index (κ1) is 71.7. The predicted molar refractivity (Wildman–Crippen MR) is 318 cm³/mol. The van der Waals surface area contributed by atoms with E-state index < -0.39 is 24.3 Å². The second kappa shape index (κ2) is 56.9. The second-order valence-electron chi connectivity index (χ2n) is 22.0. The van der Waals surface area contributed by atoms with E-state index >= 15 is 0 Å². The average molecular weight is 1050 g/mol. The lowest BCUT2D eigenvalue weighted by Gasteiger charge is -2.25. The molecule has 0 aromatic carbocycles. The van der Waals surface area contributed by atoms with Gasteiger partial charge in [-0.05, 0) is 83.5 Å². The van der Waals surface area contributed by atoms with Crippen LogP contribution in [-0.2, 0) is 33.3 Å². The highest BCUT2D eigenvalue weighted by Gasteiger charge is 2.25. The second-order valence-corrected chi connectivity index (χ2v) is 22.0. The van der Waals surface area contributed by atoms with Crippen LogP contribution in [0.1, 0.15) is 271 Å². The highest BCUT2D eigenvalue weighted by Crippen LogP contribution is 2.17. The van der Waals surface area contributed by atoms with Gasteiger partial charge in [0.15, 0.2) is 6.10 Å². The largest absolute Gasteiger partial charge is 0.477 e. The number of unbranched alkanes of at least 4 members (excludes halogenated alkanes) is 30. The molecule has 9 nitrogen and oxygen atoms in total. The highest BCUT2D eigenvalue weighted by molar-refractivity contribution is 5.71. The van der Waals surface area contributed by atoms with Crippen molar-refractivity contribution in [2.75, 3.05) is 47.5 Å². The molecule has 0 radical (unpaired) electrons. The number of carbonyl (C=O) groups excluding carboxylic acids is 2. The fourth-order valence-corrected chi connectivity index (χ4v) is 8.68. The van der Waals surface area contributed by atoms with Gasteiger partial charge in [-0.3, -0.25) is 9.59 Å². The molecular formula is C66H118NO8+. The molecule has 2 unspecified atom stereocenters. The third-order valence-corrected chi connectivity index (χ3v) is 13.4. The third-order valence-electron chi connectivity index (χ3n) is 13.4. The summed E-state index contributed by atoms with van der Waals surface area (Å²) >= 11 is 0. The monoisotopic (exact) mass is 1050 g/mol. The number of nitrogens with zero attached hydrogens (tertiary/aromatic N) is 1. The van der Waals surface area contributed by atoms with E-state index in [1.165, 1.54) is 167 Å². The predicted octanol–water partition coefficient (Wildman–Crippen LogP) is 18.6. The summed E-state index contributed by atoms with van der Waals surface area (Å²) in [6, 6.07) is 0. The molecule has 0 bridgehead atoms. The number of hydrogen-bond donors (Lipinski definition) is 1. The van der Waals surface area contributed by atoms with Crippen LogP contribution in [-0.4, -0.2) is 87.4 Å². The Kier molecular flexibility index (Phi) is 54.4. The first-order chi connectivity index (χ1) is 36.6. The van der Waals surface area contributed by atoms with Crippen molar-refractivity contribution in [1.29, 1.82) is 0 Å². The quantitative estimate of drug-likeness (QED) is 0.0211. The molecule has 0 aliphatic carbocycles. The van der Waals surface area contributed by atoms with Crippen molar-refractivity contribution >= 4 is 17.9 Å². The van der Waals surface area contributed by atoms with Gasteiger partial charge in [0.05, 0.1) is 34.4 Å². The third kappa shape index (κ3) is 58.3. The Labute approximate surface area is 462 Å². The van der Waals surface area contributed by atoms with E-state index in [4.69, 9.17) is 18.9 Å². The summed E-state index contributed by atoms with van der Waals surface area (Å²) in [6.45, 7) is 4.74. The number of hydrogen-bond acceptors (Lipinski definition) is 7. The van der Waals surface area contributed by atoms with E-state index in [2.05, 4.69) is 86.8 Å². The molecule has 0 rings (SSSR count). The Bertz CT molecular complexity index is 1460. The van der Waals surface area contributed by atoms with Gasteiger partial charge in [0.25, 0.3) is 6.29 Å². The van der Waals surface area contributed by atoms with E-state index in [-0.39, 0.29) is 32.2 Å². The van der Waals surface area contributed by atoms with E-state index in [9.17, 15) is 19.5 Å². The molecule has 1 N–H and O–H groups in total. The Morgan fingerprint density at radius 2 is 0.760 bits per heavy atom. The molecular weight excluding hydrogens is 935 g/mol. The smallest absolute Gasteiger partial charge is 0.361 e. The highest BCUT2D eigenvalue weighted by atomic mass is 16.7. The van der Waals surface area contributed by atoms with Crippen molar-refractivity contribution in [1.82, 2.24) is 0 Å². The summed E-state index contributed by atoms with van der Waals surface area (Å²) in [5.74, 6) is -2.04. The topological polar surface area (TPSA) is 108 Å². The number of likely N-dealkylation sites (N-methyl/N-ethyl adjacent to an activating group) is 1. The zero-order valence-electron chi connectivity index (χ0n) is 49.4. The first-order valence-electron chi connectivity index (χ1n) is 31.1. The number of carboxylic acid groups (broad SMARTS) is 1. The molecule has 0 fully saturated rings. The summed E-state index contributed by atoms with van der Waals surface area (Å²) < 4.78 is 22.9. The summed E-state index contributed by atoms with van der Waals surface area (Å²) in [4.78, 5) is 37.4. The van der Waals surface area contributed by atoms with Crippen LogP contribution in [0.5, 0.6) is 0 Å². The SMILES string of the molecule is CC/C=C\C/C=C\C/C=C\C/C=C\C/C=C\CCCCCC(=O)OC(COC(=O)CCCCCCCCCCCCCCCCCCCCC/C=C\CCCCCCCCCC)COC(OCC[N+](C)(C)C)C(=O)O. The van der Waals surface area contributed by atoms with Crippen molar-refractivity contribution in [3.63, 3.8) is 0 Å². The van der Waals surface area contributed by atoms with Crippen molar-refractivity contribution in [3.05, 3.63) is 72.9 Å². The normalized spacial score (nSPS) is 13.2. The summed E-state index contributed by atoms with van der Waals surface area (Å²) in [5.41, 5.74) is 0. The van der Waals surface area contributed by atoms with Crippen molar-refractivity contribution in [3.8, 4) is 0 Å². The molecule has 2 atom stereocenters. The van der Waals surface area contributed by atoms with Crippen LogP contribution >= 0.6 is 0 Å². The molecule has 0 aliphatic heterocycles. The number of carboxylic acids is 1. The van der Waals surface area contributed by atoms with Gasteiger partial charge in [-0.25, -0.2) is 4.79 Å². The zero-order chi connectivity index (χ0) is 54.8. The van der Waals surface area contributed by atoms with Crippen molar-refractivity contribution < 1.29 is 42.9 Å². The van der Waals surface area contributed by atoms with Gasteiger partial charge in [0, 0.05) is 12.8 Å². The Balaban J connectivity index is 4.15. The minimum atomic E-state index is -1.52. The summed E-state index contributed by atoms with van der Waals surface area (Å²) in [6.07, 6.45) is 71.5. The standard InChI is InChI=1S/C66H117NO8/c1-6-8-10-12-14-16-18-20-22-24-26-27-28-29-30-31-32-33-34-35-36-37-39-40-42-44-46-48-50-52-54-56-63(68)73-60-62(61-74-66(65(70)71)72-59-58-67(3,4)5)75-64(69)57-55-53-51-49-47-45-43-41-38-25-23-21-19-17-15-13-11-9-7-2/h9,11,15,17,21,23-24,26,38,41,45,47,62,66H,6-8,10,12-14,16,18-20,22,25,27-37,39-40,42-44,46,48-61H2,1-5H3/p+1/b11-9-,17-15-,23-21-,26-24-,41-38-,47-45-. The fourth-order valence-electron chi connectivity index (χ4n) is 8.68. The summed E-state index contributed by atoms with van der Waals surface area (Å²) in [7, 11) is 5.96. The number of esters is 2. The maximum Gasteiger partial charge on any atom is 0.361 e. The minimum absolute atomic E-state index is 0.179. The Morgan fingerprint density at radius 3 is 1.16 bits per heavy atom. The molecule has 0 aromatic heterocycles. The zero-order valence-corrected chi connectivity index (χ0v) is 49.4. The van der Waals surface area contributed by atoms with E-state index in [0.29, 0.717) is 23.9 Å². The van der Waals surface area contributed by atoms with E-state index in [1.807, 2.05) is 21.1 Å². The minimum Gasteiger partial charge on any atom is -0.477 e. The molecule has 0 saturated heterocycles. The lowest BCUT2D eigenvalue weighted by atomic mass is 10.0. The number of allylic oxidation sites excluding steroid dienone is 12. The van der Waals surface area contributed by atoms with Crippen LogP contribution in [0.15, 0.2) is 72.9 Å². The van der Waals surface area contributed by atoms with Gasteiger partial charge in [-0.2, -0.15) is 0 Å². The summed E-state index contributed by atoms with van der Waals surface area (Å²) in [5, 5.41) is 9.71. The fraction of sp³-hybridized carbons (Fsp3) is 0.773. The van der Waals surface area contributed by atoms with Gasteiger partial charge in [-0.1, -0.05) is 247 Å². The van der Waals surface area contributed by atoms with Crippen LogP contribution in [0.2, 0.25) is 0 Å². The molecule has 0 aliphatic rings. The average Bonchev–Trinajstić information content (AvgIpc) is 3.38. The van der Waals surface area contributed by atoms with Gasteiger partial charge in [-0.15, -0.1) is 0 Å². The molecule has 0 aromatic rings. The van der Waals surface area contributed by atoms with Crippen LogP contribution in [0.25, 0.3) is 0 Å². The molecule has 9 heteroatoms. The van der Waals surface area contributed by atoms with E-state index in [1.54, 1.807) is 0 Å². The number of carbonyl (C=O) groups is 3. The van der Waals surface area contributed by atoms with Crippen LogP contribution in [0.3, 0.4) is 0 Å². The lowest BCUT2D eigenvalue weighted by Crippen LogP contribution is -2.40. The molecule has 0 saturated carbocycles. The molecule has 434 valence electrons. The van der Waals surface area contributed by atoms with Gasteiger partial charge >= 0.3 is 17.9 Å². The molecule has 0 amide bonds. The maximum absolute atomic E-state index is 12.9. The lowest BCUT2D eigenvalue weighted by molar-refractivity contribution is -0.870. The number of ether oxygens (including phenoxy) is 4. The van der Waals surface area contributed by atoms with Crippen LogP contribution < -0.4 is 0 Å². The number of rotatable bonds is 57. The Morgan fingerprint density at radius 1 is 0.413 bits per heavy atom. The number of quaternary nitrogens is 1. The Hall–Kier alpha value is -3.27. The van der Waals surface area contributed by atoms with E-state index in [0.717, 1.165) is 70.6 Å². The van der Waals surface area contributed by atoms with Gasteiger partial charge < -0.3 is 28.5 Å². The van der Waals surface area contributed by atoms with Crippen molar-refractivity contribution in [2.45, 2.75) is 283 Å². The van der Waals surface area contributed by atoms with Gasteiger partial charge in [0.2, 0.25) is 0 Å². The molecule has 0 spiro atoms. The van der Waals surface area contributed by atoms with Crippen LogP contribution in [0, 0.1) is 0 Å². The molecule has 0 heterocycles. The van der Waals surface area contributed by atoms with Gasteiger partial charge in [0.1, 0.15) is 13.2 Å². The number of aliphatic carboxylic acids is 1.